The minimum Gasteiger partial charge on any atom is -0.326 e. The molecule has 0 saturated carbocycles. The molecule has 3 rings (SSSR count). The summed E-state index contributed by atoms with van der Waals surface area (Å²) >= 11 is 12.6. The van der Waals surface area contributed by atoms with Crippen molar-refractivity contribution >= 4 is 63.5 Å². The van der Waals surface area contributed by atoms with Gasteiger partial charge in [0.25, 0.3) is 5.91 Å². The molecule has 0 spiro atoms. The standard InChI is InChI=1S/C22H21ClN2O2S2/c23-17-10-7-11-18(15-17)24-20(26)12-5-2-6-13-25-21(27)19(29-22(25)28)14-16-8-3-1-4-9-16/h1,3-4,7-11,14-15H,2,5-6,12-13H2,(H,24,26)/b19-14-. The Balaban J connectivity index is 1.40. The van der Waals surface area contributed by atoms with Crippen molar-refractivity contribution < 1.29 is 9.59 Å². The highest BCUT2D eigenvalue weighted by Crippen LogP contribution is 2.32. The van der Waals surface area contributed by atoms with Crippen molar-refractivity contribution in [3.05, 3.63) is 70.1 Å². The highest BCUT2D eigenvalue weighted by Gasteiger charge is 2.31. The van der Waals surface area contributed by atoms with Gasteiger partial charge in [0.2, 0.25) is 5.91 Å². The molecule has 150 valence electrons. The fourth-order valence-corrected chi connectivity index (χ4v) is 4.41. The maximum absolute atomic E-state index is 12.6. The van der Waals surface area contributed by atoms with Crippen LogP contribution in [0.2, 0.25) is 5.02 Å². The number of anilines is 1. The third-order valence-corrected chi connectivity index (χ3v) is 5.98. The van der Waals surface area contributed by atoms with E-state index >= 15 is 0 Å². The molecule has 2 aromatic carbocycles. The second-order valence-corrected chi connectivity index (χ2v) is 8.73. The Kier molecular flexibility index (Phi) is 7.86. The molecule has 4 nitrogen and oxygen atoms in total. The van der Waals surface area contributed by atoms with Crippen LogP contribution in [0.3, 0.4) is 0 Å². The van der Waals surface area contributed by atoms with Crippen LogP contribution in [0.5, 0.6) is 0 Å². The van der Waals surface area contributed by atoms with Gasteiger partial charge in [0.05, 0.1) is 4.91 Å². The zero-order valence-electron chi connectivity index (χ0n) is 15.8. The molecule has 0 atom stereocenters. The minimum absolute atomic E-state index is 0.0383. The molecule has 1 aliphatic heterocycles. The van der Waals surface area contributed by atoms with Crippen LogP contribution in [0, 0.1) is 0 Å². The zero-order chi connectivity index (χ0) is 20.6. The average Bonchev–Trinajstić information content (AvgIpc) is 2.95. The number of nitrogens with zero attached hydrogens (tertiary/aromatic N) is 1. The van der Waals surface area contributed by atoms with Crippen LogP contribution in [0.25, 0.3) is 6.08 Å². The lowest BCUT2D eigenvalue weighted by Gasteiger charge is -2.14. The molecule has 0 bridgehead atoms. The van der Waals surface area contributed by atoms with E-state index in [4.69, 9.17) is 23.8 Å². The molecule has 0 aromatic heterocycles. The number of rotatable bonds is 8. The fraction of sp³-hybridized carbons (Fsp3) is 0.227. The number of nitrogens with one attached hydrogen (secondary N) is 1. The number of hydrogen-bond acceptors (Lipinski definition) is 4. The number of benzene rings is 2. The first-order valence-electron chi connectivity index (χ1n) is 9.39. The van der Waals surface area contributed by atoms with Crippen LogP contribution in [0.4, 0.5) is 5.69 Å². The maximum atomic E-state index is 12.6. The van der Waals surface area contributed by atoms with E-state index in [9.17, 15) is 9.59 Å². The number of carbonyl (C=O) groups is 2. The summed E-state index contributed by atoms with van der Waals surface area (Å²) in [6.45, 7) is 0.576. The van der Waals surface area contributed by atoms with E-state index in [1.807, 2.05) is 42.5 Å². The first kappa shape index (κ1) is 21.6. The molecular weight excluding hydrogens is 424 g/mol. The Morgan fingerprint density at radius 3 is 2.66 bits per heavy atom. The highest BCUT2D eigenvalue weighted by molar-refractivity contribution is 8.26. The summed E-state index contributed by atoms with van der Waals surface area (Å²) in [6, 6.07) is 16.8. The molecule has 2 aromatic rings. The predicted molar refractivity (Wildman–Crippen MR) is 125 cm³/mol. The number of halogens is 1. The number of carbonyl (C=O) groups excluding carboxylic acids is 2. The molecule has 0 aliphatic carbocycles. The van der Waals surface area contributed by atoms with Crippen molar-refractivity contribution in [3.63, 3.8) is 0 Å². The molecule has 0 unspecified atom stereocenters. The number of unbranched alkanes of at least 4 members (excludes halogenated alkanes) is 2. The van der Waals surface area contributed by atoms with Crippen molar-refractivity contribution in [1.29, 1.82) is 0 Å². The molecule has 1 heterocycles. The van der Waals surface area contributed by atoms with Crippen molar-refractivity contribution in [3.8, 4) is 0 Å². The second-order valence-electron chi connectivity index (χ2n) is 6.61. The van der Waals surface area contributed by atoms with Crippen LogP contribution in [0.15, 0.2) is 59.5 Å². The number of amides is 2. The van der Waals surface area contributed by atoms with Gasteiger partial charge in [0.1, 0.15) is 4.32 Å². The van der Waals surface area contributed by atoms with Crippen molar-refractivity contribution in [2.45, 2.75) is 25.7 Å². The molecule has 2 amide bonds. The molecule has 29 heavy (non-hydrogen) atoms. The van der Waals surface area contributed by atoms with E-state index < -0.39 is 0 Å². The van der Waals surface area contributed by atoms with E-state index in [1.54, 1.807) is 23.1 Å². The number of thiocarbonyl (C=S) groups is 1. The fourth-order valence-electron chi connectivity index (χ4n) is 2.92. The van der Waals surface area contributed by atoms with Gasteiger partial charge in [0.15, 0.2) is 0 Å². The molecule has 0 radical (unpaired) electrons. The lowest BCUT2D eigenvalue weighted by Crippen LogP contribution is -2.29. The van der Waals surface area contributed by atoms with Gasteiger partial charge in [-0.05, 0) is 42.7 Å². The topological polar surface area (TPSA) is 49.4 Å². The summed E-state index contributed by atoms with van der Waals surface area (Å²) in [6.07, 6.45) is 4.70. The molecular formula is C22H21ClN2O2S2. The SMILES string of the molecule is O=C(CCCCCN1C(=O)/C(=C/c2ccccc2)SC1=S)Nc1cccc(Cl)c1. The van der Waals surface area contributed by atoms with Gasteiger partial charge in [-0.15, -0.1) is 0 Å². The largest absolute Gasteiger partial charge is 0.326 e. The highest BCUT2D eigenvalue weighted by atomic mass is 35.5. The van der Waals surface area contributed by atoms with Crippen LogP contribution in [-0.4, -0.2) is 27.6 Å². The summed E-state index contributed by atoms with van der Waals surface area (Å²) in [5.74, 6) is -0.0776. The Morgan fingerprint density at radius 2 is 1.90 bits per heavy atom. The van der Waals surface area contributed by atoms with Crippen LogP contribution in [0.1, 0.15) is 31.2 Å². The normalized spacial score (nSPS) is 15.2. The summed E-state index contributed by atoms with van der Waals surface area (Å²) in [4.78, 5) is 26.9. The predicted octanol–water partition coefficient (Wildman–Crippen LogP) is 5.74. The van der Waals surface area contributed by atoms with Gasteiger partial charge < -0.3 is 5.32 Å². The summed E-state index contributed by atoms with van der Waals surface area (Å²) in [7, 11) is 0. The van der Waals surface area contributed by atoms with Gasteiger partial charge in [-0.3, -0.25) is 14.5 Å². The lowest BCUT2D eigenvalue weighted by atomic mass is 10.1. The number of hydrogen-bond donors (Lipinski definition) is 1. The Bertz CT molecular complexity index is 931. The monoisotopic (exact) mass is 444 g/mol. The Hall–Kier alpha value is -2.15. The van der Waals surface area contributed by atoms with Crippen molar-refractivity contribution in [2.75, 3.05) is 11.9 Å². The molecule has 1 saturated heterocycles. The van der Waals surface area contributed by atoms with E-state index in [0.717, 1.165) is 24.8 Å². The molecule has 1 N–H and O–H groups in total. The van der Waals surface area contributed by atoms with Gasteiger partial charge in [-0.25, -0.2) is 0 Å². The second kappa shape index (κ2) is 10.6. The van der Waals surface area contributed by atoms with Crippen molar-refractivity contribution in [2.24, 2.45) is 0 Å². The van der Waals surface area contributed by atoms with Gasteiger partial charge >= 0.3 is 0 Å². The van der Waals surface area contributed by atoms with Gasteiger partial charge in [-0.2, -0.15) is 0 Å². The summed E-state index contributed by atoms with van der Waals surface area (Å²) < 4.78 is 0.593. The van der Waals surface area contributed by atoms with Crippen molar-refractivity contribution in [1.82, 2.24) is 4.90 Å². The number of thioether (sulfide) groups is 1. The third-order valence-electron chi connectivity index (χ3n) is 4.36. The smallest absolute Gasteiger partial charge is 0.266 e. The lowest BCUT2D eigenvalue weighted by molar-refractivity contribution is -0.122. The molecule has 7 heteroatoms. The molecule has 1 fully saturated rings. The van der Waals surface area contributed by atoms with Crippen LogP contribution < -0.4 is 5.32 Å². The average molecular weight is 445 g/mol. The third kappa shape index (κ3) is 6.42. The van der Waals surface area contributed by atoms with E-state index in [0.29, 0.717) is 32.9 Å². The first-order chi connectivity index (χ1) is 14.0. The van der Waals surface area contributed by atoms with Gasteiger partial charge in [-0.1, -0.05) is 78.4 Å². The van der Waals surface area contributed by atoms with Gasteiger partial charge in [0, 0.05) is 23.7 Å². The summed E-state index contributed by atoms with van der Waals surface area (Å²) in [5.41, 5.74) is 1.68. The van der Waals surface area contributed by atoms with E-state index in [2.05, 4.69) is 5.32 Å². The molecule has 1 aliphatic rings. The first-order valence-corrected chi connectivity index (χ1v) is 11.0. The van der Waals surface area contributed by atoms with E-state index in [-0.39, 0.29) is 11.8 Å². The quantitative estimate of drug-likeness (QED) is 0.320. The van der Waals surface area contributed by atoms with Crippen LogP contribution in [-0.2, 0) is 9.59 Å². The Morgan fingerprint density at radius 1 is 1.10 bits per heavy atom. The Labute approximate surface area is 185 Å². The summed E-state index contributed by atoms with van der Waals surface area (Å²) in [5, 5.41) is 3.43. The maximum Gasteiger partial charge on any atom is 0.266 e. The zero-order valence-corrected chi connectivity index (χ0v) is 18.2. The van der Waals surface area contributed by atoms with E-state index in [1.165, 1.54) is 11.8 Å². The minimum atomic E-state index is -0.0393. The van der Waals surface area contributed by atoms with Crippen LogP contribution >= 0.6 is 35.6 Å².